The summed E-state index contributed by atoms with van der Waals surface area (Å²) in [5, 5.41) is 7.60. The fourth-order valence-corrected chi connectivity index (χ4v) is 2.75. The number of nitrogens with one attached hydrogen (secondary N) is 1. The highest BCUT2D eigenvalue weighted by Crippen LogP contribution is 2.26. The van der Waals surface area contributed by atoms with Gasteiger partial charge in [-0.1, -0.05) is 43.2 Å². The van der Waals surface area contributed by atoms with Crippen molar-refractivity contribution in [3.63, 3.8) is 0 Å². The predicted octanol–water partition coefficient (Wildman–Crippen LogP) is 2.93. The normalized spacial score (nSPS) is 19.1. The Morgan fingerprint density at radius 3 is 2.28 bits per heavy atom. The van der Waals surface area contributed by atoms with Gasteiger partial charge in [0.15, 0.2) is 0 Å². The predicted molar refractivity (Wildman–Crippen MR) is 75.8 cm³/mol. The van der Waals surface area contributed by atoms with Gasteiger partial charge in [-0.3, -0.25) is 10.3 Å². The number of amidine groups is 1. The summed E-state index contributed by atoms with van der Waals surface area (Å²) in [5.41, 5.74) is 6.92. The first-order valence-corrected chi connectivity index (χ1v) is 6.89. The minimum atomic E-state index is 0.279. The van der Waals surface area contributed by atoms with Gasteiger partial charge in [0.1, 0.15) is 0 Å². The van der Waals surface area contributed by atoms with Crippen LogP contribution in [0.3, 0.4) is 0 Å². The average molecular weight is 245 g/mol. The van der Waals surface area contributed by atoms with Crippen LogP contribution in [-0.2, 0) is 0 Å². The van der Waals surface area contributed by atoms with Crippen molar-refractivity contribution >= 4 is 5.84 Å². The first-order chi connectivity index (χ1) is 8.77. The lowest BCUT2D eigenvalue weighted by Gasteiger charge is -2.30. The van der Waals surface area contributed by atoms with Crippen molar-refractivity contribution in [1.82, 2.24) is 4.90 Å². The summed E-state index contributed by atoms with van der Waals surface area (Å²) in [7, 11) is 0. The van der Waals surface area contributed by atoms with Crippen molar-refractivity contribution in [3.8, 4) is 0 Å². The third-order valence-electron chi connectivity index (χ3n) is 3.68. The summed E-state index contributed by atoms with van der Waals surface area (Å²) < 4.78 is 0. The quantitative estimate of drug-likeness (QED) is 0.633. The van der Waals surface area contributed by atoms with Gasteiger partial charge in [-0.15, -0.1) is 0 Å². The molecule has 3 nitrogen and oxygen atoms in total. The highest BCUT2D eigenvalue weighted by molar-refractivity contribution is 5.77. The van der Waals surface area contributed by atoms with E-state index in [1.54, 1.807) is 0 Å². The maximum Gasteiger partial charge on any atom is 0.0924 e. The van der Waals surface area contributed by atoms with Crippen LogP contribution >= 0.6 is 0 Å². The van der Waals surface area contributed by atoms with Crippen LogP contribution in [0.4, 0.5) is 0 Å². The highest BCUT2D eigenvalue weighted by atomic mass is 15.2. The van der Waals surface area contributed by atoms with Crippen molar-refractivity contribution in [2.45, 2.75) is 38.1 Å². The molecule has 0 aliphatic carbocycles. The minimum absolute atomic E-state index is 0.279. The van der Waals surface area contributed by atoms with E-state index < -0.39 is 0 Å². The summed E-state index contributed by atoms with van der Waals surface area (Å²) >= 11 is 0. The van der Waals surface area contributed by atoms with Crippen LogP contribution in [0.5, 0.6) is 0 Å². The Kier molecular flexibility index (Phi) is 4.76. The monoisotopic (exact) mass is 245 g/mol. The van der Waals surface area contributed by atoms with E-state index in [1.807, 2.05) is 6.07 Å². The molecule has 1 aliphatic rings. The number of rotatable bonds is 4. The van der Waals surface area contributed by atoms with Gasteiger partial charge < -0.3 is 5.73 Å². The molecule has 98 valence electrons. The maximum absolute atomic E-state index is 7.60. The number of benzene rings is 1. The Morgan fingerprint density at radius 1 is 1.11 bits per heavy atom. The smallest absolute Gasteiger partial charge is 0.0924 e. The largest absolute Gasteiger partial charge is 0.388 e. The Hall–Kier alpha value is -1.35. The van der Waals surface area contributed by atoms with Crippen LogP contribution in [0, 0.1) is 5.41 Å². The molecular weight excluding hydrogens is 222 g/mol. The van der Waals surface area contributed by atoms with E-state index in [2.05, 4.69) is 29.2 Å². The van der Waals surface area contributed by atoms with Gasteiger partial charge >= 0.3 is 0 Å². The Labute approximate surface area is 109 Å². The third kappa shape index (κ3) is 3.57. The lowest BCUT2D eigenvalue weighted by Crippen LogP contribution is -2.32. The number of nitrogens with zero attached hydrogens (tertiary/aromatic N) is 1. The summed E-state index contributed by atoms with van der Waals surface area (Å²) in [6.45, 7) is 2.26. The Morgan fingerprint density at radius 2 is 1.72 bits per heavy atom. The van der Waals surface area contributed by atoms with Crippen molar-refractivity contribution in [3.05, 3.63) is 35.9 Å². The number of nitrogens with two attached hydrogens (primary N) is 1. The molecule has 1 unspecified atom stereocenters. The van der Waals surface area contributed by atoms with Crippen molar-refractivity contribution in [2.24, 2.45) is 5.73 Å². The second-order valence-electron chi connectivity index (χ2n) is 5.11. The zero-order valence-corrected chi connectivity index (χ0v) is 10.9. The van der Waals surface area contributed by atoms with E-state index in [0.29, 0.717) is 6.42 Å². The SMILES string of the molecule is N=C(N)CC(c1ccccc1)N1CCCCCC1. The average Bonchev–Trinajstić information content (AvgIpc) is 2.65. The van der Waals surface area contributed by atoms with Crippen LogP contribution in [0.25, 0.3) is 0 Å². The number of likely N-dealkylation sites (tertiary alicyclic amines) is 1. The van der Waals surface area contributed by atoms with E-state index in [1.165, 1.54) is 31.2 Å². The molecule has 0 bridgehead atoms. The van der Waals surface area contributed by atoms with Gasteiger partial charge in [-0.05, 0) is 31.5 Å². The lowest BCUT2D eigenvalue weighted by molar-refractivity contribution is 0.209. The third-order valence-corrected chi connectivity index (χ3v) is 3.68. The molecule has 3 heteroatoms. The van der Waals surface area contributed by atoms with Gasteiger partial charge in [-0.2, -0.15) is 0 Å². The molecule has 0 aromatic heterocycles. The molecule has 0 saturated carbocycles. The summed E-state index contributed by atoms with van der Waals surface area (Å²) in [4.78, 5) is 2.50. The molecule has 0 amide bonds. The zero-order valence-electron chi connectivity index (χ0n) is 10.9. The topological polar surface area (TPSA) is 53.1 Å². The molecular formula is C15H23N3. The lowest BCUT2D eigenvalue weighted by atomic mass is 10.0. The Balaban J connectivity index is 2.15. The molecule has 1 atom stereocenters. The molecule has 2 rings (SSSR count). The van der Waals surface area contributed by atoms with E-state index in [4.69, 9.17) is 11.1 Å². The molecule has 0 spiro atoms. The zero-order chi connectivity index (χ0) is 12.8. The summed E-state index contributed by atoms with van der Waals surface area (Å²) in [6.07, 6.45) is 5.84. The Bertz CT molecular complexity index is 367. The van der Waals surface area contributed by atoms with Gasteiger partial charge in [-0.25, -0.2) is 0 Å². The van der Waals surface area contributed by atoms with Gasteiger partial charge in [0.25, 0.3) is 0 Å². The van der Waals surface area contributed by atoms with Gasteiger partial charge in [0.2, 0.25) is 0 Å². The summed E-state index contributed by atoms with van der Waals surface area (Å²) in [5.74, 6) is 0.285. The van der Waals surface area contributed by atoms with Gasteiger partial charge in [0, 0.05) is 12.5 Å². The second kappa shape index (κ2) is 6.55. The standard InChI is InChI=1S/C15H23N3/c16-15(17)12-14(13-8-4-3-5-9-13)18-10-6-1-2-7-11-18/h3-5,8-9,14H,1-2,6-7,10-12H2,(H3,16,17). The van der Waals surface area contributed by atoms with E-state index in [9.17, 15) is 0 Å². The van der Waals surface area contributed by atoms with Crippen LogP contribution in [0.15, 0.2) is 30.3 Å². The van der Waals surface area contributed by atoms with E-state index in [-0.39, 0.29) is 11.9 Å². The second-order valence-corrected chi connectivity index (χ2v) is 5.11. The molecule has 1 aromatic rings. The van der Waals surface area contributed by atoms with E-state index >= 15 is 0 Å². The van der Waals surface area contributed by atoms with Crippen molar-refractivity contribution in [2.75, 3.05) is 13.1 Å². The number of hydrogen-bond acceptors (Lipinski definition) is 2. The molecule has 1 aliphatic heterocycles. The molecule has 0 radical (unpaired) electrons. The molecule has 3 N–H and O–H groups in total. The fraction of sp³-hybridized carbons (Fsp3) is 0.533. The molecule has 18 heavy (non-hydrogen) atoms. The maximum atomic E-state index is 7.60. The minimum Gasteiger partial charge on any atom is -0.388 e. The van der Waals surface area contributed by atoms with Crippen LogP contribution in [0.2, 0.25) is 0 Å². The molecule has 1 aromatic carbocycles. The highest BCUT2D eigenvalue weighted by Gasteiger charge is 2.21. The first kappa shape index (κ1) is 13.1. The van der Waals surface area contributed by atoms with Crippen LogP contribution in [0.1, 0.15) is 43.7 Å². The molecule has 1 saturated heterocycles. The van der Waals surface area contributed by atoms with Crippen molar-refractivity contribution in [1.29, 1.82) is 5.41 Å². The first-order valence-electron chi connectivity index (χ1n) is 6.89. The van der Waals surface area contributed by atoms with Gasteiger partial charge in [0.05, 0.1) is 5.84 Å². The van der Waals surface area contributed by atoms with Crippen molar-refractivity contribution < 1.29 is 0 Å². The van der Waals surface area contributed by atoms with Crippen LogP contribution in [-0.4, -0.2) is 23.8 Å². The van der Waals surface area contributed by atoms with Crippen LogP contribution < -0.4 is 5.73 Å². The molecule has 1 fully saturated rings. The molecule has 1 heterocycles. The fourth-order valence-electron chi connectivity index (χ4n) is 2.75. The van der Waals surface area contributed by atoms with E-state index in [0.717, 1.165) is 13.1 Å². The summed E-state index contributed by atoms with van der Waals surface area (Å²) in [6, 6.07) is 10.8. The number of hydrogen-bond donors (Lipinski definition) is 2.